The molecule has 0 heterocycles. The Morgan fingerprint density at radius 2 is 1.96 bits per heavy atom. The number of hydrogen-bond acceptors (Lipinski definition) is 3. The van der Waals surface area contributed by atoms with E-state index in [1.165, 1.54) is 11.6 Å². The Balaban J connectivity index is 2.36. The minimum atomic E-state index is -0.159. The molecule has 4 nitrogen and oxygen atoms in total. The third kappa shape index (κ3) is 7.18. The van der Waals surface area contributed by atoms with E-state index in [1.807, 2.05) is 45.0 Å². The lowest BCUT2D eigenvalue weighted by Gasteiger charge is -2.08. The van der Waals surface area contributed by atoms with Crippen LogP contribution in [0.25, 0.3) is 0 Å². The van der Waals surface area contributed by atoms with Crippen molar-refractivity contribution in [3.8, 4) is 5.75 Å². The summed E-state index contributed by atoms with van der Waals surface area (Å²) in [7, 11) is 0. The zero-order chi connectivity index (χ0) is 17.9. The first-order chi connectivity index (χ1) is 11.4. The van der Waals surface area contributed by atoms with Crippen molar-refractivity contribution in [3.63, 3.8) is 0 Å². The highest BCUT2D eigenvalue weighted by Crippen LogP contribution is 2.11. The maximum Gasteiger partial charge on any atom is 0.251 e. The van der Waals surface area contributed by atoms with Gasteiger partial charge in [0.15, 0.2) is 0 Å². The Hall–Kier alpha value is -2.49. The van der Waals surface area contributed by atoms with Gasteiger partial charge >= 0.3 is 0 Å². The van der Waals surface area contributed by atoms with Gasteiger partial charge in [-0.15, -0.1) is 0 Å². The fourth-order valence-corrected chi connectivity index (χ4v) is 1.82. The van der Waals surface area contributed by atoms with Gasteiger partial charge in [-0.1, -0.05) is 44.2 Å². The van der Waals surface area contributed by atoms with Crippen molar-refractivity contribution in [2.24, 2.45) is 11.7 Å². The number of benzene rings is 1. The Labute approximate surface area is 145 Å². The van der Waals surface area contributed by atoms with Gasteiger partial charge in [0.1, 0.15) is 5.75 Å². The van der Waals surface area contributed by atoms with Crippen LogP contribution in [-0.2, 0) is 4.79 Å². The van der Waals surface area contributed by atoms with E-state index in [4.69, 9.17) is 10.5 Å². The summed E-state index contributed by atoms with van der Waals surface area (Å²) >= 11 is 0. The number of allylic oxidation sites excluding steroid dienone is 3. The molecule has 3 N–H and O–H groups in total. The molecule has 0 saturated heterocycles. The lowest BCUT2D eigenvalue weighted by atomic mass is 10.1. The zero-order valence-electron chi connectivity index (χ0n) is 14.8. The Kier molecular flexibility index (Phi) is 8.41. The lowest BCUT2D eigenvalue weighted by molar-refractivity contribution is -0.117. The van der Waals surface area contributed by atoms with Crippen molar-refractivity contribution in [2.75, 3.05) is 13.2 Å². The maximum atomic E-state index is 12.1. The van der Waals surface area contributed by atoms with Gasteiger partial charge in [0, 0.05) is 17.8 Å². The molecular weight excluding hydrogens is 300 g/mol. The fourth-order valence-electron chi connectivity index (χ4n) is 1.82. The third-order valence-electron chi connectivity index (χ3n) is 3.50. The predicted octanol–water partition coefficient (Wildman–Crippen LogP) is 3.49. The molecule has 1 amide bonds. The number of nitrogens with one attached hydrogen (secondary N) is 1. The van der Waals surface area contributed by atoms with E-state index in [0.717, 1.165) is 17.9 Å². The van der Waals surface area contributed by atoms with Crippen molar-refractivity contribution >= 4 is 5.91 Å². The number of hydrogen-bond donors (Lipinski definition) is 2. The second-order valence-electron chi connectivity index (χ2n) is 5.92. The van der Waals surface area contributed by atoms with Crippen LogP contribution in [0.3, 0.4) is 0 Å². The molecule has 0 bridgehead atoms. The van der Waals surface area contributed by atoms with Crippen LogP contribution < -0.4 is 15.8 Å². The summed E-state index contributed by atoms with van der Waals surface area (Å²) in [5.74, 6) is 0.926. The van der Waals surface area contributed by atoms with Crippen molar-refractivity contribution in [2.45, 2.75) is 27.2 Å². The quantitative estimate of drug-likeness (QED) is 0.414. The van der Waals surface area contributed by atoms with Crippen LogP contribution in [0, 0.1) is 12.8 Å². The number of aryl methyl sites for hydroxylation is 1. The molecular formula is C20H28N2O2. The molecule has 1 aromatic rings. The van der Waals surface area contributed by atoms with E-state index in [0.29, 0.717) is 18.7 Å². The topological polar surface area (TPSA) is 64.4 Å². The molecule has 0 aliphatic rings. The van der Waals surface area contributed by atoms with Crippen LogP contribution in [0.4, 0.5) is 0 Å². The van der Waals surface area contributed by atoms with E-state index >= 15 is 0 Å². The molecule has 130 valence electrons. The van der Waals surface area contributed by atoms with E-state index in [1.54, 1.807) is 12.2 Å². The highest BCUT2D eigenvalue weighted by Gasteiger charge is 2.04. The average Bonchev–Trinajstić information content (AvgIpc) is 2.56. The number of amides is 1. The van der Waals surface area contributed by atoms with Crippen molar-refractivity contribution < 1.29 is 9.53 Å². The molecule has 0 spiro atoms. The van der Waals surface area contributed by atoms with Crippen LogP contribution in [0.1, 0.15) is 25.8 Å². The third-order valence-corrected chi connectivity index (χ3v) is 3.50. The van der Waals surface area contributed by atoms with E-state index in [-0.39, 0.29) is 11.8 Å². The van der Waals surface area contributed by atoms with Crippen molar-refractivity contribution in [1.82, 2.24) is 5.32 Å². The minimum absolute atomic E-state index is 0.159. The molecule has 24 heavy (non-hydrogen) atoms. The molecule has 0 aliphatic carbocycles. The predicted molar refractivity (Wildman–Crippen MR) is 99.7 cm³/mol. The standard InChI is InChI=1S/C20H28N2O2/c1-5-17(9-12-19(21)15(2)3)20(23)22-13-6-14-24-18-10-7-16(4)8-11-18/h5,7-12,15H,1,6,13-14,21H2,2-4H3,(H,22,23)/b17-9+,19-12+. The van der Waals surface area contributed by atoms with Gasteiger partial charge in [-0.2, -0.15) is 0 Å². The first-order valence-electron chi connectivity index (χ1n) is 8.21. The summed E-state index contributed by atoms with van der Waals surface area (Å²) in [6.07, 6.45) is 5.71. The number of nitrogens with two attached hydrogens (primary N) is 1. The van der Waals surface area contributed by atoms with E-state index in [9.17, 15) is 4.79 Å². The number of ether oxygens (including phenoxy) is 1. The number of rotatable bonds is 9. The summed E-state index contributed by atoms with van der Waals surface area (Å²) in [6, 6.07) is 7.90. The lowest BCUT2D eigenvalue weighted by Crippen LogP contribution is -2.26. The maximum absolute atomic E-state index is 12.1. The fraction of sp³-hybridized carbons (Fsp3) is 0.350. The highest BCUT2D eigenvalue weighted by molar-refractivity contribution is 5.96. The van der Waals surface area contributed by atoms with Gasteiger partial charge in [-0.25, -0.2) is 0 Å². The van der Waals surface area contributed by atoms with Gasteiger partial charge in [0.05, 0.1) is 6.61 Å². The first-order valence-corrected chi connectivity index (χ1v) is 8.21. The van der Waals surface area contributed by atoms with E-state index in [2.05, 4.69) is 11.9 Å². The minimum Gasteiger partial charge on any atom is -0.494 e. The molecule has 0 aromatic heterocycles. The monoisotopic (exact) mass is 328 g/mol. The molecule has 0 atom stereocenters. The Bertz CT molecular complexity index is 599. The highest BCUT2D eigenvalue weighted by atomic mass is 16.5. The second kappa shape index (κ2) is 10.3. The van der Waals surface area contributed by atoms with Gasteiger partial charge in [0.25, 0.3) is 5.91 Å². The summed E-state index contributed by atoms with van der Waals surface area (Å²) in [4.78, 5) is 12.1. The van der Waals surface area contributed by atoms with Crippen molar-refractivity contribution in [1.29, 1.82) is 0 Å². The van der Waals surface area contributed by atoms with Crippen LogP contribution in [0.15, 0.2) is 60.3 Å². The first kappa shape index (κ1) is 19.6. The van der Waals surface area contributed by atoms with Gasteiger partial charge in [-0.05, 0) is 43.5 Å². The summed E-state index contributed by atoms with van der Waals surface area (Å²) in [6.45, 7) is 10.8. The van der Waals surface area contributed by atoms with Crippen LogP contribution >= 0.6 is 0 Å². The summed E-state index contributed by atoms with van der Waals surface area (Å²) in [5, 5.41) is 2.85. The Morgan fingerprint density at radius 1 is 1.29 bits per heavy atom. The molecule has 0 saturated carbocycles. The van der Waals surface area contributed by atoms with E-state index < -0.39 is 0 Å². The number of carbonyl (C=O) groups excluding carboxylic acids is 1. The molecule has 0 aliphatic heterocycles. The molecule has 4 heteroatoms. The van der Waals surface area contributed by atoms with Crippen molar-refractivity contribution in [3.05, 3.63) is 65.9 Å². The average molecular weight is 328 g/mol. The molecule has 0 fully saturated rings. The second-order valence-corrected chi connectivity index (χ2v) is 5.92. The van der Waals surface area contributed by atoms with Gasteiger partial charge in [-0.3, -0.25) is 4.79 Å². The van der Waals surface area contributed by atoms with Gasteiger partial charge < -0.3 is 15.8 Å². The van der Waals surface area contributed by atoms with Crippen LogP contribution in [-0.4, -0.2) is 19.1 Å². The molecule has 1 rings (SSSR count). The zero-order valence-corrected chi connectivity index (χ0v) is 14.8. The van der Waals surface area contributed by atoms with Crippen LogP contribution in [0.5, 0.6) is 5.75 Å². The molecule has 1 aromatic carbocycles. The Morgan fingerprint density at radius 3 is 2.54 bits per heavy atom. The summed E-state index contributed by atoms with van der Waals surface area (Å²) in [5.41, 5.74) is 8.29. The number of carbonyl (C=O) groups is 1. The normalized spacial score (nSPS) is 12.2. The molecule has 0 radical (unpaired) electrons. The SMILES string of the molecule is C=C/C(=C\C=C(\N)C(C)C)C(=O)NCCCOc1ccc(C)cc1. The van der Waals surface area contributed by atoms with Crippen LogP contribution in [0.2, 0.25) is 0 Å². The smallest absolute Gasteiger partial charge is 0.251 e. The van der Waals surface area contributed by atoms with Gasteiger partial charge in [0.2, 0.25) is 0 Å². The summed E-state index contributed by atoms with van der Waals surface area (Å²) < 4.78 is 5.62. The largest absolute Gasteiger partial charge is 0.494 e. The molecule has 0 unspecified atom stereocenters.